The summed E-state index contributed by atoms with van der Waals surface area (Å²) in [5, 5.41) is 0. The van der Waals surface area contributed by atoms with Crippen LogP contribution in [0.1, 0.15) is 0 Å². The van der Waals surface area contributed by atoms with Gasteiger partial charge in [-0.2, -0.15) is 30.7 Å². The van der Waals surface area contributed by atoms with Gasteiger partial charge in [-0.15, -0.1) is 0 Å². The van der Waals surface area contributed by atoms with E-state index in [1.807, 2.05) is 0 Å². The fraction of sp³-hybridized carbons (Fsp3) is 1.00. The molecule has 0 unspecified atom stereocenters. The van der Waals surface area contributed by atoms with Gasteiger partial charge < -0.3 is 0 Å². The summed E-state index contributed by atoms with van der Waals surface area (Å²) in [7, 11) is 0. The topological polar surface area (TPSA) is 17.1 Å². The van der Waals surface area contributed by atoms with Crippen LogP contribution >= 0.6 is 21.2 Å². The number of halogens is 8. The zero-order chi connectivity index (χ0) is 10.2. The van der Waals surface area contributed by atoms with Crippen LogP contribution in [-0.4, -0.2) is 16.0 Å². The van der Waals surface area contributed by atoms with Gasteiger partial charge >= 0.3 is 16.0 Å². The summed E-state index contributed by atoms with van der Waals surface area (Å²) in [6.45, 7) is 0. The first-order valence-electron chi connectivity index (χ1n) is 2.17. The van der Waals surface area contributed by atoms with E-state index >= 15 is 0 Å². The first kappa shape index (κ1) is 12.0. The number of hydrogen-bond donors (Lipinski definition) is 0. The second-order valence-electron chi connectivity index (χ2n) is 1.65. The van der Waals surface area contributed by atoms with Crippen molar-refractivity contribution in [3.8, 4) is 0 Å². The van der Waals surface area contributed by atoms with Gasteiger partial charge in [-0.25, -0.2) is 0 Å². The highest BCUT2D eigenvalue weighted by Crippen LogP contribution is 2.51. The predicted octanol–water partition coefficient (Wildman–Crippen LogP) is 3.09. The summed E-state index contributed by atoms with van der Waals surface area (Å²) < 4.78 is 84.1. The van der Waals surface area contributed by atoms with Crippen LogP contribution < -0.4 is 0 Å². The Balaban J connectivity index is 4.97. The Labute approximate surface area is 71.6 Å². The number of hydrogen-bond acceptors (Lipinski definition) is 1. The van der Waals surface area contributed by atoms with Crippen molar-refractivity contribution >= 4 is 21.2 Å². The molecule has 0 aliphatic heterocycles. The molecular weight excluding hydrogens is 312 g/mol. The number of rotatable bonds is 2. The van der Waals surface area contributed by atoms with E-state index in [-0.39, 0.29) is 0 Å². The second kappa shape index (κ2) is 3.07. The van der Waals surface area contributed by atoms with Crippen LogP contribution in [0, 0.1) is 0 Å². The van der Waals surface area contributed by atoms with Gasteiger partial charge in [-0.1, -0.05) is 0 Å². The van der Waals surface area contributed by atoms with Crippen molar-refractivity contribution in [3.05, 3.63) is 0 Å². The maximum absolute atomic E-state index is 11.7. The average molecular weight is 312 g/mol. The van der Waals surface area contributed by atoms with E-state index in [1.54, 1.807) is 0 Å². The van der Waals surface area contributed by atoms with E-state index in [0.29, 0.717) is 0 Å². The van der Waals surface area contributed by atoms with Crippen LogP contribution in [0.2, 0.25) is 0 Å². The molecule has 0 heterocycles. The zero-order valence-corrected chi connectivity index (χ0v) is 7.09. The minimum atomic E-state index is -6.37. The van der Waals surface area contributed by atoms with Gasteiger partial charge in [-0.05, 0) is 0 Å². The first-order chi connectivity index (χ1) is 5.06. The number of alkyl halides is 8. The van der Waals surface area contributed by atoms with Crippen molar-refractivity contribution in [3.63, 3.8) is 0 Å². The minimum Gasteiger partial charge on any atom is -0.264 e. The fourth-order valence-corrected chi connectivity index (χ4v) is 0.792. The third kappa shape index (κ3) is 1.85. The highest BCUT2D eigenvalue weighted by molar-refractivity contribution is 14.1. The highest BCUT2D eigenvalue weighted by Gasteiger charge is 2.74. The Hall–Kier alpha value is 0.0400. The molecule has 0 saturated carbocycles. The molecule has 0 spiro atoms. The maximum atomic E-state index is 11.7. The Kier molecular flexibility index (Phi) is 3.08. The van der Waals surface area contributed by atoms with Gasteiger partial charge in [0.1, 0.15) is 0 Å². The lowest BCUT2D eigenvalue weighted by Crippen LogP contribution is -2.48. The Morgan fingerprint density at radius 2 is 1.17 bits per heavy atom. The molecule has 0 aromatic heterocycles. The van der Waals surface area contributed by atoms with Crippen LogP contribution in [0.4, 0.5) is 30.7 Å². The molecule has 74 valence electrons. The van der Waals surface area contributed by atoms with Gasteiger partial charge in [0.15, 0.2) is 0 Å². The summed E-state index contributed by atoms with van der Waals surface area (Å²) in [5.41, 5.74) is 0. The van der Waals surface area contributed by atoms with Gasteiger partial charge in [0.2, 0.25) is 21.2 Å². The fourth-order valence-electron chi connectivity index (χ4n) is 0.209. The molecule has 0 radical (unpaired) electrons. The molecule has 0 fully saturated rings. The summed E-state index contributed by atoms with van der Waals surface area (Å²) in [6.07, 6.45) is -6.37. The van der Waals surface area contributed by atoms with E-state index in [1.165, 1.54) is 0 Å². The van der Waals surface area contributed by atoms with E-state index in [4.69, 9.17) is 0 Å². The average Bonchev–Trinajstić information content (AvgIpc) is 1.85. The van der Waals surface area contributed by atoms with Crippen LogP contribution in [0.15, 0.2) is 0 Å². The molecule has 0 aromatic carbocycles. The van der Waals surface area contributed by atoms with Crippen molar-refractivity contribution in [1.29, 1.82) is 0 Å². The summed E-state index contributed by atoms with van der Waals surface area (Å²) in [6, 6.07) is 0. The third-order valence-electron chi connectivity index (χ3n) is 0.809. The Morgan fingerprint density at radius 1 is 0.833 bits per heavy atom. The van der Waals surface area contributed by atoms with Crippen molar-refractivity contribution in [2.45, 2.75) is 16.0 Å². The first-order valence-corrected chi connectivity index (χ1v) is 4.13. The molecule has 0 bridgehead atoms. The monoisotopic (exact) mass is 312 g/mol. The lowest BCUT2D eigenvalue weighted by atomic mass is 10.3. The third-order valence-corrected chi connectivity index (χ3v) is 2.04. The molecule has 12 heavy (non-hydrogen) atoms. The van der Waals surface area contributed by atoms with E-state index in [0.717, 1.165) is 0 Å². The molecule has 9 heteroatoms. The van der Waals surface area contributed by atoms with Gasteiger partial charge in [0.05, 0.1) is 0 Å². The zero-order valence-electron chi connectivity index (χ0n) is 4.93. The molecule has 0 amide bonds. The van der Waals surface area contributed by atoms with Crippen LogP contribution in [-0.2, 0) is 3.07 Å². The SMILES string of the molecule is O=IC(F)(F)C(F)(F)C(F)(F)F. The summed E-state index contributed by atoms with van der Waals surface area (Å²) in [5.74, 6) is -6.21. The van der Waals surface area contributed by atoms with E-state index < -0.39 is 37.2 Å². The van der Waals surface area contributed by atoms with Gasteiger partial charge in [0.25, 0.3) is 0 Å². The quantitative estimate of drug-likeness (QED) is 0.435. The molecule has 0 aliphatic rings. The van der Waals surface area contributed by atoms with Crippen molar-refractivity contribution in [1.82, 2.24) is 0 Å². The van der Waals surface area contributed by atoms with Crippen LogP contribution in [0.5, 0.6) is 0 Å². The maximum Gasteiger partial charge on any atom is 0.460 e. The smallest absolute Gasteiger partial charge is 0.264 e. The van der Waals surface area contributed by atoms with E-state index in [9.17, 15) is 33.8 Å². The minimum absolute atomic E-state index is 3.75. The molecule has 0 saturated heterocycles. The molecule has 0 rings (SSSR count). The lowest BCUT2D eigenvalue weighted by molar-refractivity contribution is -0.325. The van der Waals surface area contributed by atoms with Crippen molar-refractivity contribution in [2.75, 3.05) is 0 Å². The largest absolute Gasteiger partial charge is 0.460 e. The lowest BCUT2D eigenvalue weighted by Gasteiger charge is -2.22. The van der Waals surface area contributed by atoms with Crippen LogP contribution in [0.3, 0.4) is 0 Å². The standard InChI is InChI=1S/C3F7IO/c4-1(5,2(6,7)8)3(9,10)11-12. The van der Waals surface area contributed by atoms with E-state index in [2.05, 4.69) is 0 Å². The van der Waals surface area contributed by atoms with Crippen molar-refractivity contribution < 1.29 is 33.8 Å². The molecule has 0 aromatic rings. The van der Waals surface area contributed by atoms with Gasteiger partial charge in [-0.3, -0.25) is 3.07 Å². The Bertz CT molecular complexity index is 184. The molecule has 1 nitrogen and oxygen atoms in total. The molecule has 0 aliphatic carbocycles. The summed E-state index contributed by atoms with van der Waals surface area (Å²) in [4.78, 5) is 0. The molecule has 0 atom stereocenters. The van der Waals surface area contributed by atoms with Crippen molar-refractivity contribution in [2.24, 2.45) is 0 Å². The second-order valence-corrected chi connectivity index (χ2v) is 3.44. The Morgan fingerprint density at radius 3 is 1.25 bits per heavy atom. The predicted molar refractivity (Wildman–Crippen MR) is 30.7 cm³/mol. The summed E-state index contributed by atoms with van der Waals surface area (Å²) >= 11 is -3.75. The van der Waals surface area contributed by atoms with Crippen LogP contribution in [0.25, 0.3) is 0 Å². The normalized spacial score (nSPS) is 14.9. The molecular formula is C3F7IO. The highest BCUT2D eigenvalue weighted by atomic mass is 127. The van der Waals surface area contributed by atoms with Gasteiger partial charge in [0, 0.05) is 0 Å². The molecule has 0 N–H and O–H groups in total.